The quantitative estimate of drug-likeness (QED) is 0.703. The lowest BCUT2D eigenvalue weighted by Gasteiger charge is -2.41. The van der Waals surface area contributed by atoms with Crippen molar-refractivity contribution in [3.63, 3.8) is 0 Å². The topological polar surface area (TPSA) is 29.0 Å². The molecule has 80 valence electrons. The van der Waals surface area contributed by atoms with Gasteiger partial charge in [0.1, 0.15) is 5.82 Å². The van der Waals surface area contributed by atoms with Crippen LogP contribution in [0.5, 0.6) is 0 Å². The van der Waals surface area contributed by atoms with Crippen molar-refractivity contribution < 1.29 is 4.39 Å². The minimum absolute atomic E-state index is 0.254. The first-order valence-corrected chi connectivity index (χ1v) is 5.35. The molecule has 1 aliphatic heterocycles. The Morgan fingerprint density at radius 1 is 1.20 bits per heavy atom. The first-order valence-electron chi connectivity index (χ1n) is 5.35. The van der Waals surface area contributed by atoms with E-state index in [4.69, 9.17) is 0 Å². The predicted molar refractivity (Wildman–Crippen MR) is 55.3 cm³/mol. The van der Waals surface area contributed by atoms with E-state index in [1.807, 2.05) is 11.8 Å². The number of hydrogen-bond acceptors (Lipinski definition) is 3. The highest BCUT2D eigenvalue weighted by Gasteiger charge is 2.53. The molecule has 3 rings (SSSR count). The van der Waals surface area contributed by atoms with Gasteiger partial charge in [0.2, 0.25) is 0 Å². The molecule has 15 heavy (non-hydrogen) atoms. The molecule has 2 fully saturated rings. The van der Waals surface area contributed by atoms with Crippen molar-refractivity contribution in [1.82, 2.24) is 9.97 Å². The zero-order valence-electron chi connectivity index (χ0n) is 9.05. The van der Waals surface area contributed by atoms with Gasteiger partial charge in [-0.1, -0.05) is 0 Å². The Hall–Kier alpha value is -1.19. The van der Waals surface area contributed by atoms with Crippen LogP contribution in [0.25, 0.3) is 0 Å². The van der Waals surface area contributed by atoms with Crippen molar-refractivity contribution in [3.8, 4) is 0 Å². The molecular formula is C11H14FN3. The van der Waals surface area contributed by atoms with Gasteiger partial charge in [0, 0.05) is 18.5 Å². The Balaban J connectivity index is 1.91. The van der Waals surface area contributed by atoms with Gasteiger partial charge in [-0.2, -0.15) is 0 Å². The van der Waals surface area contributed by atoms with Crippen LogP contribution in [0.15, 0.2) is 0 Å². The van der Waals surface area contributed by atoms with Crippen LogP contribution in [0.2, 0.25) is 0 Å². The molecule has 0 aromatic carbocycles. The van der Waals surface area contributed by atoms with Crippen molar-refractivity contribution in [3.05, 3.63) is 17.3 Å². The number of hydrogen-bond donors (Lipinski definition) is 0. The molecule has 2 aliphatic rings. The van der Waals surface area contributed by atoms with Gasteiger partial charge in [-0.05, 0) is 26.7 Å². The van der Waals surface area contributed by atoms with Crippen LogP contribution in [-0.2, 0) is 0 Å². The molecule has 0 bridgehead atoms. The summed E-state index contributed by atoms with van der Waals surface area (Å²) in [4.78, 5) is 10.2. The molecule has 3 nitrogen and oxygen atoms in total. The monoisotopic (exact) mass is 207 g/mol. The molecule has 0 radical (unpaired) electrons. The zero-order valence-corrected chi connectivity index (χ0v) is 9.05. The lowest BCUT2D eigenvalue weighted by atomic mass is 9.97. The molecule has 1 aromatic rings. The Morgan fingerprint density at radius 3 is 2.47 bits per heavy atom. The number of aromatic nitrogens is 2. The van der Waals surface area contributed by atoms with E-state index in [0.29, 0.717) is 22.8 Å². The van der Waals surface area contributed by atoms with Crippen molar-refractivity contribution in [1.29, 1.82) is 0 Å². The van der Waals surface area contributed by atoms with E-state index < -0.39 is 0 Å². The summed E-state index contributed by atoms with van der Waals surface area (Å²) in [7, 11) is 0. The molecule has 0 unspecified atom stereocenters. The van der Waals surface area contributed by atoms with Gasteiger partial charge >= 0.3 is 0 Å². The summed E-state index contributed by atoms with van der Waals surface area (Å²) < 4.78 is 13.8. The summed E-state index contributed by atoms with van der Waals surface area (Å²) in [5, 5.41) is 0. The van der Waals surface area contributed by atoms with Crippen LogP contribution in [0.3, 0.4) is 0 Å². The molecule has 1 saturated carbocycles. The van der Waals surface area contributed by atoms with Gasteiger partial charge in [0.25, 0.3) is 0 Å². The lowest BCUT2D eigenvalue weighted by molar-refractivity contribution is 0.377. The number of halogens is 1. The van der Waals surface area contributed by atoms with Crippen molar-refractivity contribution >= 4 is 5.82 Å². The average molecular weight is 207 g/mol. The van der Waals surface area contributed by atoms with Gasteiger partial charge in [-0.25, -0.2) is 14.4 Å². The van der Waals surface area contributed by atoms with Crippen LogP contribution in [-0.4, -0.2) is 23.1 Å². The van der Waals surface area contributed by atoms with Crippen molar-refractivity contribution in [2.75, 3.05) is 18.0 Å². The van der Waals surface area contributed by atoms with Crippen molar-refractivity contribution in [2.45, 2.75) is 26.7 Å². The number of rotatable bonds is 1. The molecule has 1 spiro atoms. The third-order valence-electron chi connectivity index (χ3n) is 3.42. The highest BCUT2D eigenvalue weighted by Crippen LogP contribution is 2.53. The summed E-state index contributed by atoms with van der Waals surface area (Å²) in [6.45, 7) is 5.45. The normalized spacial score (nSPS) is 21.7. The number of aryl methyl sites for hydroxylation is 2. The Bertz CT molecular complexity index is 418. The lowest BCUT2D eigenvalue weighted by Crippen LogP contribution is -2.49. The minimum atomic E-state index is -0.254. The summed E-state index contributed by atoms with van der Waals surface area (Å²) in [6.07, 6.45) is 2.60. The molecular weight excluding hydrogens is 193 g/mol. The van der Waals surface area contributed by atoms with E-state index in [-0.39, 0.29) is 5.82 Å². The smallest absolute Gasteiger partial charge is 0.186 e. The van der Waals surface area contributed by atoms with Gasteiger partial charge in [-0.3, -0.25) is 0 Å². The maximum atomic E-state index is 13.8. The van der Waals surface area contributed by atoms with E-state index in [2.05, 4.69) is 9.97 Å². The molecule has 1 saturated heterocycles. The SMILES string of the molecule is Cc1nc(C)c(F)c(N2CC3(CC3)C2)n1. The van der Waals surface area contributed by atoms with Crippen LogP contribution in [0, 0.1) is 25.1 Å². The van der Waals surface area contributed by atoms with Crippen LogP contribution in [0.1, 0.15) is 24.4 Å². The van der Waals surface area contributed by atoms with Crippen LogP contribution in [0.4, 0.5) is 10.2 Å². The van der Waals surface area contributed by atoms with Crippen molar-refractivity contribution in [2.24, 2.45) is 5.41 Å². The summed E-state index contributed by atoms with van der Waals surface area (Å²) >= 11 is 0. The van der Waals surface area contributed by atoms with Crippen LogP contribution < -0.4 is 4.90 Å². The van der Waals surface area contributed by atoms with Gasteiger partial charge in [0.15, 0.2) is 11.6 Å². The number of anilines is 1. The molecule has 0 N–H and O–H groups in total. The molecule has 1 aromatic heterocycles. The summed E-state index contributed by atoms with van der Waals surface area (Å²) in [5.74, 6) is 0.897. The fourth-order valence-electron chi connectivity index (χ4n) is 2.30. The minimum Gasteiger partial charge on any atom is -0.353 e. The van der Waals surface area contributed by atoms with Gasteiger partial charge < -0.3 is 4.90 Å². The number of nitrogens with zero attached hydrogens (tertiary/aromatic N) is 3. The van der Waals surface area contributed by atoms with E-state index in [0.717, 1.165) is 13.1 Å². The Kier molecular flexibility index (Phi) is 1.62. The highest BCUT2D eigenvalue weighted by molar-refractivity contribution is 5.47. The van der Waals surface area contributed by atoms with E-state index in [1.54, 1.807) is 6.92 Å². The summed E-state index contributed by atoms with van der Waals surface area (Å²) in [5.41, 5.74) is 0.980. The summed E-state index contributed by atoms with van der Waals surface area (Å²) in [6, 6.07) is 0. The fourth-order valence-corrected chi connectivity index (χ4v) is 2.30. The second-order valence-electron chi connectivity index (χ2n) is 4.85. The first-order chi connectivity index (χ1) is 7.10. The second kappa shape index (κ2) is 2.68. The maximum absolute atomic E-state index is 13.8. The van der Waals surface area contributed by atoms with Gasteiger partial charge in [-0.15, -0.1) is 0 Å². The highest BCUT2D eigenvalue weighted by atomic mass is 19.1. The zero-order chi connectivity index (χ0) is 10.6. The largest absolute Gasteiger partial charge is 0.353 e. The van der Waals surface area contributed by atoms with Crippen LogP contribution >= 0.6 is 0 Å². The Morgan fingerprint density at radius 2 is 1.87 bits per heavy atom. The standard InChI is InChI=1S/C11H14FN3/c1-7-9(12)10(14-8(2)13-7)15-5-11(6-15)3-4-11/h3-6H2,1-2H3. The first kappa shape index (κ1) is 9.07. The van der Waals surface area contributed by atoms with E-state index in [1.165, 1.54) is 12.8 Å². The van der Waals surface area contributed by atoms with E-state index >= 15 is 0 Å². The van der Waals surface area contributed by atoms with E-state index in [9.17, 15) is 4.39 Å². The maximum Gasteiger partial charge on any atom is 0.186 e. The third kappa shape index (κ3) is 1.31. The second-order valence-corrected chi connectivity index (χ2v) is 4.85. The molecule has 1 aliphatic carbocycles. The predicted octanol–water partition coefficient (Wildman–Crippen LogP) is 1.83. The molecule has 4 heteroatoms. The fraction of sp³-hybridized carbons (Fsp3) is 0.636. The Labute approximate surface area is 88.3 Å². The molecule has 0 atom stereocenters. The molecule has 0 amide bonds. The average Bonchev–Trinajstić information content (AvgIpc) is 2.88. The molecule has 2 heterocycles. The third-order valence-corrected chi connectivity index (χ3v) is 3.42. The van der Waals surface area contributed by atoms with Gasteiger partial charge in [0.05, 0.1) is 5.69 Å².